The Morgan fingerprint density at radius 2 is 1.52 bits per heavy atom. The average molecular weight is 561 g/mol. The molecule has 0 spiro atoms. The van der Waals surface area contributed by atoms with Crippen LogP contribution >= 0.6 is 11.6 Å². The number of halogens is 1. The fourth-order valence-electron chi connectivity index (χ4n) is 5.14. The number of imidazole rings is 1. The van der Waals surface area contributed by atoms with Gasteiger partial charge in [0.05, 0.1) is 24.2 Å². The topological polar surface area (TPSA) is 42.8 Å². The lowest BCUT2D eigenvalue weighted by Crippen LogP contribution is -2.44. The van der Waals surface area contributed by atoms with E-state index in [0.29, 0.717) is 6.61 Å². The van der Waals surface area contributed by atoms with Crippen molar-refractivity contribution in [3.8, 4) is 22.9 Å². The fraction of sp³-hybridized carbons (Fsp3) is 0.424. The predicted octanol–water partition coefficient (Wildman–Crippen LogP) is 6.79. The molecule has 40 heavy (non-hydrogen) atoms. The van der Waals surface area contributed by atoms with E-state index in [4.69, 9.17) is 26.1 Å². The van der Waals surface area contributed by atoms with E-state index in [2.05, 4.69) is 58.7 Å². The summed E-state index contributed by atoms with van der Waals surface area (Å²) in [6.45, 7) is 10.2. The van der Waals surface area contributed by atoms with Gasteiger partial charge in [0.15, 0.2) is 0 Å². The highest BCUT2D eigenvalue weighted by atomic mass is 35.5. The normalized spacial score (nSPS) is 14.6. The van der Waals surface area contributed by atoms with Gasteiger partial charge in [0.1, 0.15) is 17.3 Å². The minimum Gasteiger partial charge on any atom is -0.493 e. The van der Waals surface area contributed by atoms with E-state index in [9.17, 15) is 0 Å². The molecule has 1 saturated heterocycles. The Balaban J connectivity index is 1.22. The first-order valence-electron chi connectivity index (χ1n) is 14.6. The van der Waals surface area contributed by atoms with Gasteiger partial charge in [0.2, 0.25) is 0 Å². The Hall–Kier alpha value is -3.06. The first kappa shape index (κ1) is 28.5. The second-order valence-electron chi connectivity index (χ2n) is 10.7. The Morgan fingerprint density at radius 3 is 2.27 bits per heavy atom. The Labute approximate surface area is 243 Å². The zero-order chi connectivity index (χ0) is 27.7. The summed E-state index contributed by atoms with van der Waals surface area (Å²) in [6, 6.07) is 22.5. The maximum Gasteiger partial charge on any atom is 0.141 e. The van der Waals surface area contributed by atoms with E-state index in [-0.39, 0.29) is 0 Å². The van der Waals surface area contributed by atoms with Crippen molar-refractivity contribution < 1.29 is 9.47 Å². The number of nitrogens with zero attached hydrogens (tertiary/aromatic N) is 4. The van der Waals surface area contributed by atoms with Gasteiger partial charge in [-0.2, -0.15) is 0 Å². The highest BCUT2D eigenvalue weighted by molar-refractivity contribution is 6.30. The van der Waals surface area contributed by atoms with Crippen LogP contribution in [-0.4, -0.2) is 72.3 Å². The zero-order valence-corrected chi connectivity index (χ0v) is 24.6. The van der Waals surface area contributed by atoms with Crippen molar-refractivity contribution in [2.24, 2.45) is 0 Å². The van der Waals surface area contributed by atoms with Gasteiger partial charge < -0.3 is 23.8 Å². The molecule has 2 heterocycles. The molecule has 6 nitrogen and oxygen atoms in total. The van der Waals surface area contributed by atoms with E-state index < -0.39 is 0 Å². The third-order valence-electron chi connectivity index (χ3n) is 7.62. The minimum atomic E-state index is 0.619. The third-order valence-corrected chi connectivity index (χ3v) is 7.88. The molecule has 1 fully saturated rings. The molecule has 5 rings (SSSR count). The number of hydrogen-bond donors (Lipinski definition) is 0. The SMILES string of the molecule is CCCCn1c(-c2ccc(OCCc3ccc(Cl)cc3)cc2)nc2ccc(OCCCN3CCN(C)CC3)cc21. The van der Waals surface area contributed by atoms with Crippen LogP contribution in [0, 0.1) is 0 Å². The van der Waals surface area contributed by atoms with Crippen LogP contribution in [-0.2, 0) is 13.0 Å². The number of hydrogen-bond acceptors (Lipinski definition) is 5. The van der Waals surface area contributed by atoms with Crippen molar-refractivity contribution in [3.05, 3.63) is 77.3 Å². The van der Waals surface area contributed by atoms with Crippen LogP contribution in [0.15, 0.2) is 66.7 Å². The fourth-order valence-corrected chi connectivity index (χ4v) is 5.27. The number of benzene rings is 3. The molecule has 7 heteroatoms. The van der Waals surface area contributed by atoms with E-state index in [1.807, 2.05) is 36.4 Å². The third kappa shape index (κ3) is 7.57. The lowest BCUT2D eigenvalue weighted by molar-refractivity contribution is 0.145. The standard InChI is InChI=1S/C33H41ClN4O2/c1-3-4-18-38-32-25-30(39-23-5-17-37-21-19-36(2)20-22-37)14-15-31(32)35-33(38)27-8-12-29(13-9-27)40-24-16-26-6-10-28(34)11-7-26/h6-15,25H,3-5,16-24H2,1-2H3. The maximum atomic E-state index is 6.19. The van der Waals surface area contributed by atoms with Crippen molar-refractivity contribution in [2.75, 3.05) is 53.0 Å². The van der Waals surface area contributed by atoms with Crippen molar-refractivity contribution in [1.29, 1.82) is 0 Å². The number of aromatic nitrogens is 2. The Bertz CT molecular complexity index is 1350. The van der Waals surface area contributed by atoms with Crippen molar-refractivity contribution in [2.45, 2.75) is 39.2 Å². The van der Waals surface area contributed by atoms with Gasteiger partial charge in [-0.3, -0.25) is 0 Å². The molecule has 0 saturated carbocycles. The maximum absolute atomic E-state index is 6.19. The molecule has 1 aliphatic heterocycles. The van der Waals surface area contributed by atoms with Crippen LogP contribution < -0.4 is 9.47 Å². The van der Waals surface area contributed by atoms with Gasteiger partial charge in [-0.1, -0.05) is 37.1 Å². The second-order valence-corrected chi connectivity index (χ2v) is 11.1. The molecule has 0 amide bonds. The summed E-state index contributed by atoms with van der Waals surface area (Å²) in [4.78, 5) is 9.95. The lowest BCUT2D eigenvalue weighted by atomic mass is 10.1. The molecule has 1 aromatic heterocycles. The van der Waals surface area contributed by atoms with Crippen LogP contribution in [0.1, 0.15) is 31.7 Å². The minimum absolute atomic E-state index is 0.619. The summed E-state index contributed by atoms with van der Waals surface area (Å²) in [5.74, 6) is 2.77. The van der Waals surface area contributed by atoms with E-state index in [1.54, 1.807) is 0 Å². The molecule has 212 valence electrons. The molecule has 0 unspecified atom stereocenters. The highest BCUT2D eigenvalue weighted by Gasteiger charge is 2.15. The van der Waals surface area contributed by atoms with Crippen molar-refractivity contribution in [3.63, 3.8) is 0 Å². The molecule has 0 radical (unpaired) electrons. The average Bonchev–Trinajstić information content (AvgIpc) is 3.34. The molecule has 0 aliphatic carbocycles. The molecule has 4 aromatic rings. The van der Waals surface area contributed by atoms with Crippen LogP contribution in [0.5, 0.6) is 11.5 Å². The number of rotatable bonds is 13. The van der Waals surface area contributed by atoms with E-state index in [1.165, 1.54) is 5.56 Å². The summed E-state index contributed by atoms with van der Waals surface area (Å²) in [5, 5.41) is 0.755. The number of likely N-dealkylation sites (N-methyl/N-ethyl adjacent to an activating group) is 1. The van der Waals surface area contributed by atoms with Crippen molar-refractivity contribution in [1.82, 2.24) is 19.4 Å². The predicted molar refractivity (Wildman–Crippen MR) is 165 cm³/mol. The first-order valence-corrected chi connectivity index (χ1v) is 15.0. The quantitative estimate of drug-likeness (QED) is 0.168. The summed E-state index contributed by atoms with van der Waals surface area (Å²) in [6.07, 6.45) is 4.10. The summed E-state index contributed by atoms with van der Waals surface area (Å²) < 4.78 is 14.5. The zero-order valence-electron chi connectivity index (χ0n) is 23.8. The summed E-state index contributed by atoms with van der Waals surface area (Å²) in [5.41, 5.74) is 4.43. The number of piperazine rings is 1. The Morgan fingerprint density at radius 1 is 0.800 bits per heavy atom. The number of ether oxygens (including phenoxy) is 2. The number of fused-ring (bicyclic) bond motifs is 1. The molecular weight excluding hydrogens is 520 g/mol. The van der Waals surface area contributed by atoms with Gasteiger partial charge >= 0.3 is 0 Å². The summed E-state index contributed by atoms with van der Waals surface area (Å²) in [7, 11) is 2.20. The highest BCUT2D eigenvalue weighted by Crippen LogP contribution is 2.29. The van der Waals surface area contributed by atoms with Gasteiger partial charge in [0, 0.05) is 62.3 Å². The number of unbranched alkanes of at least 4 members (excludes halogenated alkanes) is 1. The van der Waals surface area contributed by atoms with Gasteiger partial charge in [-0.15, -0.1) is 0 Å². The van der Waals surface area contributed by atoms with Crippen LogP contribution in [0.4, 0.5) is 0 Å². The van der Waals surface area contributed by atoms with Crippen LogP contribution in [0.3, 0.4) is 0 Å². The molecule has 1 aliphatic rings. The molecular formula is C33H41ClN4O2. The molecule has 0 atom stereocenters. The second kappa shape index (κ2) is 14.0. The first-order chi connectivity index (χ1) is 19.6. The molecule has 0 N–H and O–H groups in total. The van der Waals surface area contributed by atoms with Gasteiger partial charge in [-0.05, 0) is 74.0 Å². The van der Waals surface area contributed by atoms with Crippen LogP contribution in [0.2, 0.25) is 5.02 Å². The monoisotopic (exact) mass is 560 g/mol. The Kier molecular flexibility index (Phi) is 9.98. The number of aryl methyl sites for hydroxylation is 1. The molecule has 0 bridgehead atoms. The van der Waals surface area contributed by atoms with E-state index in [0.717, 1.165) is 111 Å². The molecule has 3 aromatic carbocycles. The van der Waals surface area contributed by atoms with Crippen LogP contribution in [0.25, 0.3) is 22.4 Å². The van der Waals surface area contributed by atoms with Crippen molar-refractivity contribution >= 4 is 22.6 Å². The van der Waals surface area contributed by atoms with Gasteiger partial charge in [0.25, 0.3) is 0 Å². The largest absolute Gasteiger partial charge is 0.493 e. The summed E-state index contributed by atoms with van der Waals surface area (Å²) >= 11 is 5.99. The lowest BCUT2D eigenvalue weighted by Gasteiger charge is -2.32. The smallest absolute Gasteiger partial charge is 0.141 e. The van der Waals surface area contributed by atoms with E-state index >= 15 is 0 Å². The van der Waals surface area contributed by atoms with Gasteiger partial charge in [-0.25, -0.2) is 4.98 Å².